The van der Waals surface area contributed by atoms with Crippen molar-refractivity contribution in [2.75, 3.05) is 39.0 Å². The van der Waals surface area contributed by atoms with Crippen molar-refractivity contribution in [3.05, 3.63) is 36.2 Å². The minimum absolute atomic E-state index is 0.0368. The lowest BCUT2D eigenvalue weighted by molar-refractivity contribution is -0.133. The van der Waals surface area contributed by atoms with Crippen LogP contribution >= 0.6 is 0 Å². The van der Waals surface area contributed by atoms with E-state index in [4.69, 9.17) is 10.5 Å². The quantitative estimate of drug-likeness (QED) is 0.773. The SMILES string of the molecule is CCN(CC)C(=O)CN1CCCC[C@H]1c1nc(N)ncc1-c1cccc(OC)c1. The zero-order valence-corrected chi connectivity index (χ0v) is 17.6. The van der Waals surface area contributed by atoms with Gasteiger partial charge in [-0.3, -0.25) is 9.69 Å². The fraction of sp³-hybridized carbons (Fsp3) is 0.500. The molecule has 2 heterocycles. The highest BCUT2D eigenvalue weighted by atomic mass is 16.5. The zero-order valence-electron chi connectivity index (χ0n) is 17.6. The van der Waals surface area contributed by atoms with Crippen molar-refractivity contribution < 1.29 is 9.53 Å². The molecule has 1 atom stereocenters. The molecule has 1 aliphatic heterocycles. The van der Waals surface area contributed by atoms with Crippen molar-refractivity contribution in [1.29, 1.82) is 0 Å². The molecule has 7 nitrogen and oxygen atoms in total. The molecule has 7 heteroatoms. The summed E-state index contributed by atoms with van der Waals surface area (Å²) in [5, 5.41) is 0. The monoisotopic (exact) mass is 397 g/mol. The number of nitrogens with two attached hydrogens (primary N) is 1. The van der Waals surface area contributed by atoms with Crippen molar-refractivity contribution in [3.8, 4) is 16.9 Å². The van der Waals surface area contributed by atoms with Crippen LogP contribution in [-0.2, 0) is 4.79 Å². The summed E-state index contributed by atoms with van der Waals surface area (Å²) < 4.78 is 5.38. The smallest absolute Gasteiger partial charge is 0.236 e. The standard InChI is InChI=1S/C22H31N5O2/c1-4-26(5-2)20(28)15-27-12-7-6-11-19(27)21-18(14-24-22(23)25-21)16-9-8-10-17(13-16)29-3/h8-10,13-14,19H,4-7,11-12,15H2,1-3H3,(H2,23,24,25)/t19-/m0/s1. The van der Waals surface area contributed by atoms with E-state index in [1.54, 1.807) is 13.3 Å². The second-order valence-corrected chi connectivity index (χ2v) is 7.31. The van der Waals surface area contributed by atoms with Crippen LogP contribution in [0.4, 0.5) is 5.95 Å². The number of piperidine rings is 1. The van der Waals surface area contributed by atoms with Gasteiger partial charge in [-0.1, -0.05) is 18.6 Å². The van der Waals surface area contributed by atoms with Crippen molar-refractivity contribution in [2.24, 2.45) is 0 Å². The van der Waals surface area contributed by atoms with Crippen molar-refractivity contribution >= 4 is 11.9 Å². The molecule has 0 aliphatic carbocycles. The Bertz CT molecular complexity index is 838. The van der Waals surface area contributed by atoms with E-state index in [1.807, 2.05) is 43.0 Å². The van der Waals surface area contributed by atoms with E-state index in [2.05, 4.69) is 14.9 Å². The number of hydrogen-bond donors (Lipinski definition) is 1. The number of methoxy groups -OCH3 is 1. The summed E-state index contributed by atoms with van der Waals surface area (Å²) in [7, 11) is 1.65. The van der Waals surface area contributed by atoms with Gasteiger partial charge in [0, 0.05) is 24.8 Å². The second-order valence-electron chi connectivity index (χ2n) is 7.31. The highest BCUT2D eigenvalue weighted by molar-refractivity contribution is 5.78. The Hall–Kier alpha value is -2.67. The van der Waals surface area contributed by atoms with Crippen molar-refractivity contribution in [3.63, 3.8) is 0 Å². The summed E-state index contributed by atoms with van der Waals surface area (Å²) in [6, 6.07) is 7.91. The average molecular weight is 398 g/mol. The predicted octanol–water partition coefficient (Wildman–Crippen LogP) is 3.13. The van der Waals surface area contributed by atoms with Gasteiger partial charge in [-0.2, -0.15) is 0 Å². The van der Waals surface area contributed by atoms with Gasteiger partial charge in [-0.05, 0) is 50.9 Å². The lowest BCUT2D eigenvalue weighted by Crippen LogP contribution is -2.43. The number of rotatable bonds is 7. The van der Waals surface area contributed by atoms with Gasteiger partial charge in [0.25, 0.3) is 0 Å². The van der Waals surface area contributed by atoms with Crippen LogP contribution in [0.2, 0.25) is 0 Å². The number of aromatic nitrogens is 2. The summed E-state index contributed by atoms with van der Waals surface area (Å²) in [5.41, 5.74) is 8.77. The number of ether oxygens (including phenoxy) is 1. The molecule has 0 radical (unpaired) electrons. The topological polar surface area (TPSA) is 84.6 Å². The molecule has 1 aromatic heterocycles. The van der Waals surface area contributed by atoms with Crippen LogP contribution in [0.25, 0.3) is 11.1 Å². The summed E-state index contributed by atoms with van der Waals surface area (Å²) in [6.07, 6.45) is 4.91. The number of nitrogens with zero attached hydrogens (tertiary/aromatic N) is 4. The fourth-order valence-electron chi connectivity index (χ4n) is 4.02. The lowest BCUT2D eigenvalue weighted by Gasteiger charge is -2.36. The molecule has 29 heavy (non-hydrogen) atoms. The summed E-state index contributed by atoms with van der Waals surface area (Å²) in [4.78, 5) is 25.8. The minimum Gasteiger partial charge on any atom is -0.497 e. The first-order valence-electron chi connectivity index (χ1n) is 10.4. The molecule has 0 unspecified atom stereocenters. The van der Waals surface area contributed by atoms with Crippen molar-refractivity contribution in [2.45, 2.75) is 39.2 Å². The number of carbonyl (C=O) groups is 1. The lowest BCUT2D eigenvalue weighted by atomic mass is 9.93. The predicted molar refractivity (Wildman–Crippen MR) is 115 cm³/mol. The van der Waals surface area contributed by atoms with E-state index < -0.39 is 0 Å². The Morgan fingerprint density at radius 1 is 1.31 bits per heavy atom. The van der Waals surface area contributed by atoms with Crippen LogP contribution in [0.1, 0.15) is 44.8 Å². The molecular formula is C22H31N5O2. The van der Waals surface area contributed by atoms with Gasteiger partial charge in [0.05, 0.1) is 25.4 Å². The van der Waals surface area contributed by atoms with E-state index in [0.29, 0.717) is 6.54 Å². The van der Waals surface area contributed by atoms with Crippen LogP contribution in [0.15, 0.2) is 30.5 Å². The van der Waals surface area contributed by atoms with E-state index in [0.717, 1.165) is 61.5 Å². The number of amides is 1. The van der Waals surface area contributed by atoms with Crippen LogP contribution < -0.4 is 10.5 Å². The average Bonchev–Trinajstić information content (AvgIpc) is 2.75. The number of likely N-dealkylation sites (N-methyl/N-ethyl adjacent to an activating group) is 1. The minimum atomic E-state index is 0.0368. The number of likely N-dealkylation sites (tertiary alicyclic amines) is 1. The summed E-state index contributed by atoms with van der Waals surface area (Å²) in [5.74, 6) is 1.20. The maximum Gasteiger partial charge on any atom is 0.236 e. The van der Waals surface area contributed by atoms with E-state index in [1.165, 1.54) is 0 Å². The first-order chi connectivity index (χ1) is 14.1. The molecule has 2 aromatic rings. The third-order valence-corrected chi connectivity index (χ3v) is 5.60. The normalized spacial score (nSPS) is 17.1. The highest BCUT2D eigenvalue weighted by Gasteiger charge is 2.30. The number of hydrogen-bond acceptors (Lipinski definition) is 6. The molecule has 1 saturated heterocycles. The van der Waals surface area contributed by atoms with Crippen molar-refractivity contribution in [1.82, 2.24) is 19.8 Å². The van der Waals surface area contributed by atoms with Crippen LogP contribution in [-0.4, -0.2) is 59.0 Å². The van der Waals surface area contributed by atoms with Gasteiger partial charge in [0.2, 0.25) is 11.9 Å². The molecular weight excluding hydrogens is 366 g/mol. The van der Waals surface area contributed by atoms with E-state index in [-0.39, 0.29) is 17.9 Å². The Balaban J connectivity index is 1.96. The van der Waals surface area contributed by atoms with Crippen LogP contribution in [0.5, 0.6) is 5.75 Å². The number of benzene rings is 1. The maximum atomic E-state index is 12.8. The Labute approximate surface area is 172 Å². The van der Waals surface area contributed by atoms with Gasteiger partial charge >= 0.3 is 0 Å². The van der Waals surface area contributed by atoms with E-state index in [9.17, 15) is 4.79 Å². The highest BCUT2D eigenvalue weighted by Crippen LogP contribution is 2.36. The van der Waals surface area contributed by atoms with Gasteiger partial charge < -0.3 is 15.4 Å². The second kappa shape index (κ2) is 9.69. The Kier molecular flexibility index (Phi) is 7.04. The molecule has 156 valence electrons. The van der Waals surface area contributed by atoms with Gasteiger partial charge in [-0.25, -0.2) is 9.97 Å². The van der Waals surface area contributed by atoms with E-state index >= 15 is 0 Å². The maximum absolute atomic E-state index is 12.8. The number of nitrogen functional groups attached to an aromatic ring is 1. The third-order valence-electron chi connectivity index (χ3n) is 5.60. The summed E-state index contributed by atoms with van der Waals surface area (Å²) >= 11 is 0. The molecule has 1 aromatic carbocycles. The first kappa shape index (κ1) is 21.0. The molecule has 1 aliphatic rings. The Morgan fingerprint density at radius 3 is 2.83 bits per heavy atom. The zero-order chi connectivity index (χ0) is 20.8. The molecule has 0 saturated carbocycles. The van der Waals surface area contributed by atoms with Gasteiger partial charge in [0.1, 0.15) is 5.75 Å². The molecule has 2 N–H and O–H groups in total. The molecule has 0 spiro atoms. The molecule has 3 rings (SSSR count). The van der Waals surface area contributed by atoms with Gasteiger partial charge in [-0.15, -0.1) is 0 Å². The number of anilines is 1. The molecule has 1 fully saturated rings. The fourth-order valence-corrected chi connectivity index (χ4v) is 4.02. The molecule has 0 bridgehead atoms. The largest absolute Gasteiger partial charge is 0.497 e. The third kappa shape index (κ3) is 4.85. The first-order valence-corrected chi connectivity index (χ1v) is 10.4. The van der Waals surface area contributed by atoms with Crippen LogP contribution in [0.3, 0.4) is 0 Å². The Morgan fingerprint density at radius 2 is 2.10 bits per heavy atom. The summed E-state index contributed by atoms with van der Waals surface area (Å²) in [6.45, 7) is 6.75. The molecule has 1 amide bonds. The van der Waals surface area contributed by atoms with Crippen LogP contribution in [0, 0.1) is 0 Å². The number of carbonyl (C=O) groups excluding carboxylic acids is 1. The van der Waals surface area contributed by atoms with Gasteiger partial charge in [0.15, 0.2) is 0 Å².